The van der Waals surface area contributed by atoms with Gasteiger partial charge in [0.1, 0.15) is 0 Å². The Morgan fingerprint density at radius 2 is 0.718 bits per heavy atom. The maximum absolute atomic E-state index is 5.12. The van der Waals surface area contributed by atoms with Crippen LogP contribution in [0.3, 0.4) is 0 Å². The molecule has 0 amide bonds. The first-order valence-electron chi connectivity index (χ1n) is 11.7. The maximum Gasteiger partial charge on any atom is 0.153 e. The molecular formula is C30H28N4S4Zn. The third-order valence-electron chi connectivity index (χ3n) is 5.08. The summed E-state index contributed by atoms with van der Waals surface area (Å²) < 4.78 is 1.31. The number of nitrogens with one attached hydrogen (secondary N) is 2. The number of hydrogen-bond acceptors (Lipinski definition) is 6. The van der Waals surface area contributed by atoms with Gasteiger partial charge in [0.25, 0.3) is 0 Å². The van der Waals surface area contributed by atoms with E-state index in [4.69, 9.17) is 24.4 Å². The van der Waals surface area contributed by atoms with Crippen LogP contribution in [0.5, 0.6) is 0 Å². The van der Waals surface area contributed by atoms with Crippen molar-refractivity contribution in [2.75, 3.05) is 12.5 Å². The van der Waals surface area contributed by atoms with E-state index in [1.807, 2.05) is 134 Å². The third kappa shape index (κ3) is 11.1. The predicted octanol–water partition coefficient (Wildman–Crippen LogP) is 7.35. The van der Waals surface area contributed by atoms with Crippen molar-refractivity contribution in [2.24, 2.45) is 10.2 Å². The van der Waals surface area contributed by atoms with E-state index in [0.717, 1.165) is 33.7 Å². The summed E-state index contributed by atoms with van der Waals surface area (Å²) in [5.41, 5.74) is 11.8. The second-order valence-corrected chi connectivity index (χ2v) is 10.6. The number of rotatable bonds is 6. The summed E-state index contributed by atoms with van der Waals surface area (Å²) in [6.45, 7) is 0. The summed E-state index contributed by atoms with van der Waals surface area (Å²) >= 11 is 13.2. The van der Waals surface area contributed by atoms with Crippen molar-refractivity contribution in [3.8, 4) is 0 Å². The molecular weight excluding hydrogens is 610 g/mol. The largest absolute Gasteiger partial charge is 0.262 e. The molecule has 39 heavy (non-hydrogen) atoms. The molecule has 0 saturated carbocycles. The van der Waals surface area contributed by atoms with Gasteiger partial charge in [-0.05, 0) is 12.5 Å². The molecule has 4 nitrogen and oxygen atoms in total. The van der Waals surface area contributed by atoms with E-state index in [1.165, 1.54) is 23.5 Å². The summed E-state index contributed by atoms with van der Waals surface area (Å²) in [5.74, 6) is 0. The molecule has 0 unspecified atom stereocenters. The fourth-order valence-corrected chi connectivity index (χ4v) is 3.64. The smallest absolute Gasteiger partial charge is 0.153 e. The minimum atomic E-state index is 0. The first-order valence-corrected chi connectivity index (χ1v) is 14.9. The van der Waals surface area contributed by atoms with E-state index < -0.39 is 0 Å². The zero-order chi connectivity index (χ0) is 27.0. The number of hydrogen-bond donors (Lipinski definition) is 2. The molecule has 0 radical (unpaired) electrons. The van der Waals surface area contributed by atoms with Gasteiger partial charge in [-0.25, -0.2) is 0 Å². The zero-order valence-corrected chi connectivity index (χ0v) is 28.0. The van der Waals surface area contributed by atoms with Gasteiger partial charge in [-0.3, -0.25) is 10.9 Å². The molecule has 0 aromatic heterocycles. The van der Waals surface area contributed by atoms with Gasteiger partial charge < -0.3 is 0 Å². The fourth-order valence-electron chi connectivity index (χ4n) is 3.27. The van der Waals surface area contributed by atoms with E-state index >= 15 is 0 Å². The first-order chi connectivity index (χ1) is 18.6. The molecule has 0 saturated heterocycles. The van der Waals surface area contributed by atoms with Crippen LogP contribution >= 0.6 is 48.0 Å². The van der Waals surface area contributed by atoms with Crippen LogP contribution in [0.15, 0.2) is 132 Å². The minimum Gasteiger partial charge on any atom is -0.262 e. The standard InChI is InChI=1S/2C15H14N2S2.Zn/c2*1-19-15(18)17-16-14(12-8-4-2-5-9-12)13-10-6-3-7-11-13;/h2*2-11H,1H3,(H,17,18);. The Balaban J connectivity index is 0.000000267. The van der Waals surface area contributed by atoms with Crippen LogP contribution in [-0.4, -0.2) is 32.6 Å². The van der Waals surface area contributed by atoms with Crippen molar-refractivity contribution < 1.29 is 19.5 Å². The van der Waals surface area contributed by atoms with Crippen LogP contribution in [0, 0.1) is 0 Å². The second-order valence-electron chi connectivity index (χ2n) is 7.59. The molecule has 2 N–H and O–H groups in total. The van der Waals surface area contributed by atoms with Crippen LogP contribution in [0.2, 0.25) is 0 Å². The molecule has 0 aliphatic rings. The van der Waals surface area contributed by atoms with Crippen LogP contribution < -0.4 is 10.9 Å². The van der Waals surface area contributed by atoms with Gasteiger partial charge in [0.15, 0.2) is 8.64 Å². The molecule has 194 valence electrons. The second kappa shape index (κ2) is 18.6. The normalized spacial score (nSPS) is 9.49. The van der Waals surface area contributed by atoms with Crippen molar-refractivity contribution in [3.05, 3.63) is 144 Å². The molecule has 0 aliphatic carbocycles. The Hall–Kier alpha value is -2.68. The SMILES string of the molecule is CSC(=S)NN=C(c1ccccc1)c1ccccc1.CSC(=S)NN=C(c1ccccc1)c1ccccc1.[Zn]. The molecule has 0 heterocycles. The Labute approximate surface area is 262 Å². The molecule has 0 fully saturated rings. The molecule has 4 rings (SSSR count). The molecule has 4 aromatic rings. The molecule has 0 atom stereocenters. The van der Waals surface area contributed by atoms with E-state index in [9.17, 15) is 0 Å². The maximum atomic E-state index is 5.12. The van der Waals surface area contributed by atoms with Gasteiger partial charge in [0.05, 0.1) is 11.4 Å². The van der Waals surface area contributed by atoms with Crippen molar-refractivity contribution in [3.63, 3.8) is 0 Å². The summed E-state index contributed by atoms with van der Waals surface area (Å²) in [4.78, 5) is 0. The van der Waals surface area contributed by atoms with Crippen LogP contribution in [0.4, 0.5) is 0 Å². The van der Waals surface area contributed by atoms with Crippen molar-refractivity contribution in [1.29, 1.82) is 0 Å². The fraction of sp³-hybridized carbons (Fsp3) is 0.0667. The van der Waals surface area contributed by atoms with Crippen molar-refractivity contribution in [1.82, 2.24) is 10.9 Å². The first kappa shape index (κ1) is 32.5. The Bertz CT molecular complexity index is 1160. The molecule has 4 aromatic carbocycles. The predicted molar refractivity (Wildman–Crippen MR) is 176 cm³/mol. The quantitative estimate of drug-likeness (QED) is 0.0998. The van der Waals surface area contributed by atoms with Crippen molar-refractivity contribution >= 4 is 68.0 Å². The number of hydrazone groups is 2. The number of thiocarbonyl (C=S) groups is 2. The van der Waals surface area contributed by atoms with Gasteiger partial charge in [-0.2, -0.15) is 10.2 Å². The Morgan fingerprint density at radius 3 is 0.923 bits per heavy atom. The monoisotopic (exact) mass is 636 g/mol. The topological polar surface area (TPSA) is 48.8 Å². The van der Waals surface area contributed by atoms with Crippen molar-refractivity contribution in [2.45, 2.75) is 0 Å². The van der Waals surface area contributed by atoms with Gasteiger partial charge >= 0.3 is 0 Å². The molecule has 0 spiro atoms. The average molecular weight is 638 g/mol. The van der Waals surface area contributed by atoms with E-state index in [0.29, 0.717) is 8.64 Å². The summed E-state index contributed by atoms with van der Waals surface area (Å²) in [6.07, 6.45) is 3.85. The van der Waals surface area contributed by atoms with Gasteiger partial charge in [-0.15, -0.1) is 0 Å². The third-order valence-corrected chi connectivity index (χ3v) is 7.18. The van der Waals surface area contributed by atoms with E-state index in [2.05, 4.69) is 21.1 Å². The zero-order valence-electron chi connectivity index (χ0n) is 21.8. The molecule has 0 bridgehead atoms. The van der Waals surface area contributed by atoms with E-state index in [1.54, 1.807) is 0 Å². The van der Waals surface area contributed by atoms with E-state index in [-0.39, 0.29) is 19.5 Å². The van der Waals surface area contributed by atoms with Crippen LogP contribution in [-0.2, 0) is 19.5 Å². The summed E-state index contributed by atoms with van der Waals surface area (Å²) in [5, 5.41) is 8.88. The number of benzene rings is 4. The summed E-state index contributed by atoms with van der Waals surface area (Å²) in [6, 6.07) is 40.3. The van der Waals surface area contributed by atoms with Gasteiger partial charge in [-0.1, -0.05) is 169 Å². The number of thioether (sulfide) groups is 2. The Morgan fingerprint density at radius 1 is 0.487 bits per heavy atom. The molecule has 0 aliphatic heterocycles. The van der Waals surface area contributed by atoms with Gasteiger partial charge in [0, 0.05) is 41.7 Å². The van der Waals surface area contributed by atoms with Crippen LogP contribution in [0.25, 0.3) is 0 Å². The Kier molecular flexibility index (Phi) is 15.5. The minimum absolute atomic E-state index is 0. The van der Waals surface area contributed by atoms with Gasteiger partial charge in [0.2, 0.25) is 0 Å². The summed E-state index contributed by atoms with van der Waals surface area (Å²) in [7, 11) is 0. The number of nitrogens with zero attached hydrogens (tertiary/aromatic N) is 2. The molecule has 9 heteroatoms. The average Bonchev–Trinajstić information content (AvgIpc) is 2.99. The van der Waals surface area contributed by atoms with Crippen LogP contribution in [0.1, 0.15) is 22.3 Å².